The quantitative estimate of drug-likeness (QED) is 0.733. The summed E-state index contributed by atoms with van der Waals surface area (Å²) in [5, 5.41) is 11.0. The molecular weight excluding hydrogens is 270 g/mol. The summed E-state index contributed by atoms with van der Waals surface area (Å²) in [6, 6.07) is 4.16. The highest BCUT2D eigenvalue weighted by Gasteiger charge is 2.04. The summed E-state index contributed by atoms with van der Waals surface area (Å²) in [7, 11) is 0. The second-order valence-electron chi connectivity index (χ2n) is 4.79. The van der Waals surface area contributed by atoms with E-state index in [0.29, 0.717) is 0 Å². The highest BCUT2D eigenvalue weighted by Crippen LogP contribution is 2.23. The van der Waals surface area contributed by atoms with E-state index in [0.717, 1.165) is 41.2 Å². The summed E-state index contributed by atoms with van der Waals surface area (Å²) in [6.07, 6.45) is 2.62. The molecule has 0 aliphatic heterocycles. The van der Waals surface area contributed by atoms with Crippen LogP contribution in [0.3, 0.4) is 0 Å². The lowest BCUT2D eigenvalue weighted by atomic mass is 10.3. The van der Waals surface area contributed by atoms with Gasteiger partial charge in [0.05, 0.1) is 11.1 Å². The van der Waals surface area contributed by atoms with Gasteiger partial charge in [-0.3, -0.25) is 4.68 Å². The van der Waals surface area contributed by atoms with Crippen molar-refractivity contribution in [3.05, 3.63) is 35.2 Å². The molecule has 0 bridgehead atoms. The Kier molecular flexibility index (Phi) is 3.64. The Morgan fingerprint density at radius 2 is 2.20 bits per heavy atom. The number of hydrogen-bond donors (Lipinski definition) is 1. The number of thiophene rings is 1. The van der Waals surface area contributed by atoms with Crippen molar-refractivity contribution in [1.82, 2.24) is 19.7 Å². The molecule has 0 saturated carbocycles. The number of anilines is 1. The van der Waals surface area contributed by atoms with Crippen molar-refractivity contribution in [3.63, 3.8) is 0 Å². The number of hydrogen-bond acceptors (Lipinski definition) is 5. The molecule has 0 radical (unpaired) electrons. The Labute approximate surface area is 121 Å². The molecule has 104 valence electrons. The molecule has 3 aromatic heterocycles. The lowest BCUT2D eigenvalue weighted by Gasteiger charge is -2.07. The number of nitrogens with one attached hydrogen (secondary N) is 1. The van der Waals surface area contributed by atoms with Crippen LogP contribution in [0, 0.1) is 13.8 Å². The molecule has 1 N–H and O–H groups in total. The van der Waals surface area contributed by atoms with Gasteiger partial charge in [0.1, 0.15) is 17.0 Å². The standard InChI is InChI=1S/C14H17N5S/c1-10-8-11(2)19(18-10)6-3-5-15-13-12-4-7-20-14(12)17-9-16-13/h4,7-9H,3,5-6H2,1-2H3,(H,15,16,17). The second-order valence-corrected chi connectivity index (χ2v) is 5.69. The van der Waals surface area contributed by atoms with Gasteiger partial charge in [-0.2, -0.15) is 5.10 Å². The van der Waals surface area contributed by atoms with Crippen LogP contribution in [0.5, 0.6) is 0 Å². The maximum atomic E-state index is 4.46. The highest BCUT2D eigenvalue weighted by molar-refractivity contribution is 7.16. The fourth-order valence-corrected chi connectivity index (χ4v) is 3.00. The monoisotopic (exact) mass is 287 g/mol. The second kappa shape index (κ2) is 5.58. The van der Waals surface area contributed by atoms with Gasteiger partial charge < -0.3 is 5.32 Å². The molecule has 3 rings (SSSR count). The minimum absolute atomic E-state index is 0.875. The summed E-state index contributed by atoms with van der Waals surface area (Å²) >= 11 is 1.64. The minimum atomic E-state index is 0.875. The van der Waals surface area contributed by atoms with Crippen molar-refractivity contribution < 1.29 is 0 Å². The predicted octanol–water partition coefficient (Wildman–Crippen LogP) is 3.01. The van der Waals surface area contributed by atoms with Crippen molar-refractivity contribution in [3.8, 4) is 0 Å². The number of rotatable bonds is 5. The smallest absolute Gasteiger partial charge is 0.138 e. The molecule has 6 heteroatoms. The molecule has 0 atom stereocenters. The summed E-state index contributed by atoms with van der Waals surface area (Å²) in [5.74, 6) is 0.921. The maximum Gasteiger partial charge on any atom is 0.138 e. The third-order valence-electron chi connectivity index (χ3n) is 3.20. The van der Waals surface area contributed by atoms with Crippen LogP contribution in [0.2, 0.25) is 0 Å². The first kappa shape index (κ1) is 13.1. The SMILES string of the molecule is Cc1cc(C)n(CCCNc2ncnc3sccc23)n1. The molecule has 3 aromatic rings. The summed E-state index contributed by atoms with van der Waals surface area (Å²) < 4.78 is 2.05. The Morgan fingerprint density at radius 1 is 1.30 bits per heavy atom. The van der Waals surface area contributed by atoms with Gasteiger partial charge in [0.15, 0.2) is 0 Å². The van der Waals surface area contributed by atoms with Crippen LogP contribution in [0.15, 0.2) is 23.8 Å². The zero-order valence-electron chi connectivity index (χ0n) is 11.6. The van der Waals surface area contributed by atoms with Crippen LogP contribution in [-0.2, 0) is 6.54 Å². The Hall–Kier alpha value is -1.95. The molecule has 0 unspecified atom stereocenters. The third kappa shape index (κ3) is 2.65. The van der Waals surface area contributed by atoms with Crippen LogP contribution in [0.1, 0.15) is 17.8 Å². The van der Waals surface area contributed by atoms with Gasteiger partial charge in [-0.1, -0.05) is 0 Å². The van der Waals surface area contributed by atoms with Gasteiger partial charge in [-0.15, -0.1) is 11.3 Å². The average Bonchev–Trinajstić information content (AvgIpc) is 3.01. The van der Waals surface area contributed by atoms with Crippen LogP contribution in [0.4, 0.5) is 5.82 Å². The predicted molar refractivity (Wildman–Crippen MR) is 82.2 cm³/mol. The molecule has 5 nitrogen and oxygen atoms in total. The zero-order chi connectivity index (χ0) is 13.9. The van der Waals surface area contributed by atoms with Crippen molar-refractivity contribution in [2.75, 3.05) is 11.9 Å². The fourth-order valence-electron chi connectivity index (χ4n) is 2.27. The molecule has 3 heterocycles. The van der Waals surface area contributed by atoms with E-state index >= 15 is 0 Å². The largest absolute Gasteiger partial charge is 0.369 e. The number of aromatic nitrogens is 4. The van der Waals surface area contributed by atoms with E-state index in [1.54, 1.807) is 17.7 Å². The highest BCUT2D eigenvalue weighted by atomic mass is 32.1. The van der Waals surface area contributed by atoms with Crippen molar-refractivity contribution in [1.29, 1.82) is 0 Å². The van der Waals surface area contributed by atoms with E-state index in [-0.39, 0.29) is 0 Å². The van der Waals surface area contributed by atoms with E-state index in [9.17, 15) is 0 Å². The van der Waals surface area contributed by atoms with Crippen molar-refractivity contribution in [2.24, 2.45) is 0 Å². The Bertz CT molecular complexity index is 715. The van der Waals surface area contributed by atoms with Gasteiger partial charge in [0, 0.05) is 18.8 Å². The van der Waals surface area contributed by atoms with E-state index in [4.69, 9.17) is 0 Å². The van der Waals surface area contributed by atoms with Gasteiger partial charge in [-0.25, -0.2) is 9.97 Å². The molecule has 0 aliphatic carbocycles. The fraction of sp³-hybridized carbons (Fsp3) is 0.357. The molecule has 0 amide bonds. The first-order valence-corrected chi connectivity index (χ1v) is 7.55. The lowest BCUT2D eigenvalue weighted by Crippen LogP contribution is -2.09. The summed E-state index contributed by atoms with van der Waals surface area (Å²) in [6.45, 7) is 5.91. The number of nitrogens with zero attached hydrogens (tertiary/aromatic N) is 4. The lowest BCUT2D eigenvalue weighted by molar-refractivity contribution is 0.573. The van der Waals surface area contributed by atoms with E-state index in [2.05, 4.69) is 44.1 Å². The summed E-state index contributed by atoms with van der Waals surface area (Å²) in [5.41, 5.74) is 2.29. The normalized spacial score (nSPS) is 11.1. The Morgan fingerprint density at radius 3 is 3.00 bits per heavy atom. The molecule has 0 aromatic carbocycles. The number of fused-ring (bicyclic) bond motifs is 1. The van der Waals surface area contributed by atoms with Crippen LogP contribution < -0.4 is 5.32 Å². The van der Waals surface area contributed by atoms with E-state index in [1.807, 2.05) is 12.3 Å². The Balaban J connectivity index is 1.58. The molecule has 0 saturated heterocycles. The molecule has 0 spiro atoms. The summed E-state index contributed by atoms with van der Waals surface area (Å²) in [4.78, 5) is 9.58. The average molecular weight is 287 g/mol. The molecule has 0 aliphatic rings. The van der Waals surface area contributed by atoms with Crippen LogP contribution in [0.25, 0.3) is 10.2 Å². The van der Waals surface area contributed by atoms with Gasteiger partial charge in [-0.05, 0) is 37.8 Å². The van der Waals surface area contributed by atoms with E-state index < -0.39 is 0 Å². The van der Waals surface area contributed by atoms with Crippen LogP contribution in [-0.4, -0.2) is 26.3 Å². The van der Waals surface area contributed by atoms with Crippen molar-refractivity contribution in [2.45, 2.75) is 26.8 Å². The minimum Gasteiger partial charge on any atom is -0.369 e. The number of aryl methyl sites for hydroxylation is 3. The first-order valence-electron chi connectivity index (χ1n) is 6.67. The van der Waals surface area contributed by atoms with Crippen molar-refractivity contribution >= 4 is 27.4 Å². The first-order chi connectivity index (χ1) is 9.74. The zero-order valence-corrected chi connectivity index (χ0v) is 12.4. The topological polar surface area (TPSA) is 55.6 Å². The van der Waals surface area contributed by atoms with Gasteiger partial charge in [0.25, 0.3) is 0 Å². The maximum absolute atomic E-state index is 4.46. The van der Waals surface area contributed by atoms with Gasteiger partial charge >= 0.3 is 0 Å². The molecular formula is C14H17N5S. The third-order valence-corrected chi connectivity index (χ3v) is 4.02. The molecule has 20 heavy (non-hydrogen) atoms. The van der Waals surface area contributed by atoms with Crippen LogP contribution >= 0.6 is 11.3 Å². The molecule has 0 fully saturated rings. The van der Waals surface area contributed by atoms with Gasteiger partial charge in [0.2, 0.25) is 0 Å². The van der Waals surface area contributed by atoms with E-state index in [1.165, 1.54) is 5.69 Å².